The highest BCUT2D eigenvalue weighted by molar-refractivity contribution is 5.39. The zero-order valence-electron chi connectivity index (χ0n) is 11.2. The van der Waals surface area contributed by atoms with E-state index in [2.05, 4.69) is 34.8 Å². The Bertz CT molecular complexity index is 562. The Kier molecular flexibility index (Phi) is 3.51. The van der Waals surface area contributed by atoms with Crippen LogP contribution < -0.4 is 10.1 Å². The van der Waals surface area contributed by atoms with Crippen LogP contribution in [-0.4, -0.2) is 22.9 Å². The number of ether oxygens (including phenoxy) is 1. The van der Waals surface area contributed by atoms with E-state index in [1.54, 1.807) is 0 Å². The van der Waals surface area contributed by atoms with Crippen LogP contribution >= 0.6 is 0 Å². The Balaban J connectivity index is 1.47. The summed E-state index contributed by atoms with van der Waals surface area (Å²) in [5.74, 6) is 1.05. The second-order valence-electron chi connectivity index (χ2n) is 4.99. The Morgan fingerprint density at radius 2 is 2.32 bits per heavy atom. The lowest BCUT2D eigenvalue weighted by molar-refractivity contribution is 0.357. The maximum atomic E-state index is 5.51. The first-order valence-electron chi connectivity index (χ1n) is 6.74. The summed E-state index contributed by atoms with van der Waals surface area (Å²) in [6.45, 7) is 2.71. The number of nitrogens with one attached hydrogen (secondary N) is 1. The first-order valence-corrected chi connectivity index (χ1v) is 6.74. The molecule has 0 spiro atoms. The van der Waals surface area contributed by atoms with E-state index in [1.165, 1.54) is 16.7 Å². The molecular formula is C15H19N3O. The third kappa shape index (κ3) is 2.96. The van der Waals surface area contributed by atoms with Gasteiger partial charge in [-0.15, -0.1) is 0 Å². The van der Waals surface area contributed by atoms with E-state index in [0.717, 1.165) is 38.3 Å². The number of benzene rings is 1. The van der Waals surface area contributed by atoms with Crippen LogP contribution in [0.5, 0.6) is 5.75 Å². The standard InChI is InChI=1S/C15H19N3O/c1-18-11-13(10-17-18)4-6-16-9-12-2-3-15-14(8-12)5-7-19-15/h2-3,8,10-11,16H,4-7,9H2,1H3. The van der Waals surface area contributed by atoms with E-state index >= 15 is 0 Å². The fourth-order valence-electron chi connectivity index (χ4n) is 2.42. The van der Waals surface area contributed by atoms with Gasteiger partial charge in [0.25, 0.3) is 0 Å². The lowest BCUT2D eigenvalue weighted by Crippen LogP contribution is -2.16. The lowest BCUT2D eigenvalue weighted by Gasteiger charge is -2.06. The third-order valence-corrected chi connectivity index (χ3v) is 3.43. The molecule has 0 aliphatic carbocycles. The molecule has 100 valence electrons. The van der Waals surface area contributed by atoms with E-state index in [0.29, 0.717) is 0 Å². The van der Waals surface area contributed by atoms with Crippen molar-refractivity contribution in [3.63, 3.8) is 0 Å². The molecule has 0 fully saturated rings. The van der Waals surface area contributed by atoms with Crippen molar-refractivity contribution in [2.45, 2.75) is 19.4 Å². The topological polar surface area (TPSA) is 39.1 Å². The Morgan fingerprint density at radius 1 is 1.37 bits per heavy atom. The van der Waals surface area contributed by atoms with Crippen molar-refractivity contribution < 1.29 is 4.74 Å². The van der Waals surface area contributed by atoms with Crippen molar-refractivity contribution in [1.29, 1.82) is 0 Å². The van der Waals surface area contributed by atoms with Gasteiger partial charge in [0.15, 0.2) is 0 Å². The predicted octanol–water partition coefficient (Wildman–Crippen LogP) is 1.69. The van der Waals surface area contributed by atoms with Crippen LogP contribution in [0.15, 0.2) is 30.6 Å². The molecule has 3 rings (SSSR count). The van der Waals surface area contributed by atoms with Gasteiger partial charge in [0.05, 0.1) is 12.8 Å². The van der Waals surface area contributed by atoms with Crippen molar-refractivity contribution in [2.24, 2.45) is 7.05 Å². The van der Waals surface area contributed by atoms with Gasteiger partial charge < -0.3 is 10.1 Å². The van der Waals surface area contributed by atoms with Gasteiger partial charge in [0.2, 0.25) is 0 Å². The Labute approximate surface area is 113 Å². The van der Waals surface area contributed by atoms with Crippen LogP contribution in [0.3, 0.4) is 0 Å². The minimum Gasteiger partial charge on any atom is -0.493 e. The average molecular weight is 257 g/mol. The summed E-state index contributed by atoms with van der Waals surface area (Å²) in [6, 6.07) is 6.47. The molecule has 2 aromatic rings. The largest absolute Gasteiger partial charge is 0.493 e. The van der Waals surface area contributed by atoms with Crippen LogP contribution in [0.2, 0.25) is 0 Å². The molecule has 1 aromatic carbocycles. The number of hydrogen-bond donors (Lipinski definition) is 1. The van der Waals surface area contributed by atoms with Gasteiger partial charge in [0.1, 0.15) is 5.75 Å². The molecule has 0 atom stereocenters. The van der Waals surface area contributed by atoms with E-state index in [-0.39, 0.29) is 0 Å². The van der Waals surface area contributed by atoms with Crippen LogP contribution in [-0.2, 0) is 26.4 Å². The smallest absolute Gasteiger partial charge is 0.122 e. The van der Waals surface area contributed by atoms with Crippen molar-refractivity contribution in [2.75, 3.05) is 13.2 Å². The number of hydrogen-bond acceptors (Lipinski definition) is 3. The van der Waals surface area contributed by atoms with Gasteiger partial charge in [0, 0.05) is 26.2 Å². The van der Waals surface area contributed by atoms with Crippen LogP contribution in [0, 0.1) is 0 Å². The maximum absolute atomic E-state index is 5.51. The quantitative estimate of drug-likeness (QED) is 0.828. The highest BCUT2D eigenvalue weighted by Crippen LogP contribution is 2.25. The summed E-state index contributed by atoms with van der Waals surface area (Å²) in [5, 5.41) is 7.64. The van der Waals surface area contributed by atoms with Gasteiger partial charge in [-0.2, -0.15) is 5.10 Å². The second-order valence-corrected chi connectivity index (χ2v) is 4.99. The van der Waals surface area contributed by atoms with Crippen LogP contribution in [0.25, 0.3) is 0 Å². The van der Waals surface area contributed by atoms with Crippen LogP contribution in [0.4, 0.5) is 0 Å². The zero-order chi connectivity index (χ0) is 13.1. The van der Waals surface area contributed by atoms with Gasteiger partial charge in [-0.25, -0.2) is 0 Å². The van der Waals surface area contributed by atoms with Crippen molar-refractivity contribution >= 4 is 0 Å². The second kappa shape index (κ2) is 5.45. The van der Waals surface area contributed by atoms with Gasteiger partial charge >= 0.3 is 0 Å². The molecule has 0 unspecified atom stereocenters. The van der Waals surface area contributed by atoms with E-state index in [9.17, 15) is 0 Å². The molecule has 0 saturated heterocycles. The Morgan fingerprint density at radius 3 is 3.16 bits per heavy atom. The fraction of sp³-hybridized carbons (Fsp3) is 0.400. The summed E-state index contributed by atoms with van der Waals surface area (Å²) < 4.78 is 7.35. The summed E-state index contributed by atoms with van der Waals surface area (Å²) >= 11 is 0. The van der Waals surface area contributed by atoms with Crippen molar-refractivity contribution in [3.05, 3.63) is 47.3 Å². The van der Waals surface area contributed by atoms with E-state index < -0.39 is 0 Å². The molecule has 1 aromatic heterocycles. The number of nitrogens with zero attached hydrogens (tertiary/aromatic N) is 2. The molecule has 0 radical (unpaired) electrons. The summed E-state index contributed by atoms with van der Waals surface area (Å²) in [6.07, 6.45) is 6.05. The summed E-state index contributed by atoms with van der Waals surface area (Å²) in [7, 11) is 1.95. The third-order valence-electron chi connectivity index (χ3n) is 3.43. The highest BCUT2D eigenvalue weighted by atomic mass is 16.5. The summed E-state index contributed by atoms with van der Waals surface area (Å²) in [5.41, 5.74) is 3.94. The van der Waals surface area contributed by atoms with Crippen molar-refractivity contribution in [3.8, 4) is 5.75 Å². The van der Waals surface area contributed by atoms with Gasteiger partial charge in [-0.1, -0.05) is 12.1 Å². The average Bonchev–Trinajstić information content (AvgIpc) is 3.03. The molecule has 1 aliphatic rings. The minimum absolute atomic E-state index is 0.827. The first-order chi connectivity index (χ1) is 9.31. The highest BCUT2D eigenvalue weighted by Gasteiger charge is 2.11. The minimum atomic E-state index is 0.827. The van der Waals surface area contributed by atoms with Crippen molar-refractivity contribution in [1.82, 2.24) is 15.1 Å². The predicted molar refractivity (Wildman–Crippen MR) is 74.3 cm³/mol. The van der Waals surface area contributed by atoms with Crippen LogP contribution in [0.1, 0.15) is 16.7 Å². The number of aromatic nitrogens is 2. The molecule has 1 aliphatic heterocycles. The SMILES string of the molecule is Cn1cc(CCNCc2ccc3c(c2)CCO3)cn1. The van der Waals surface area contributed by atoms with Gasteiger partial charge in [-0.3, -0.25) is 4.68 Å². The number of aryl methyl sites for hydroxylation is 1. The molecule has 19 heavy (non-hydrogen) atoms. The molecule has 2 heterocycles. The number of rotatable bonds is 5. The van der Waals surface area contributed by atoms with E-state index in [4.69, 9.17) is 4.74 Å². The molecule has 0 bridgehead atoms. The Hall–Kier alpha value is -1.81. The zero-order valence-corrected chi connectivity index (χ0v) is 11.2. The molecule has 4 nitrogen and oxygen atoms in total. The van der Waals surface area contributed by atoms with Gasteiger partial charge in [-0.05, 0) is 35.7 Å². The fourth-order valence-corrected chi connectivity index (χ4v) is 2.42. The molecule has 4 heteroatoms. The summed E-state index contributed by atoms with van der Waals surface area (Å²) in [4.78, 5) is 0. The molecule has 1 N–H and O–H groups in total. The lowest BCUT2D eigenvalue weighted by atomic mass is 10.1. The number of fused-ring (bicyclic) bond motifs is 1. The maximum Gasteiger partial charge on any atom is 0.122 e. The van der Waals surface area contributed by atoms with E-state index in [1.807, 2.05) is 17.9 Å². The molecular weight excluding hydrogens is 238 g/mol. The normalized spacial score (nSPS) is 13.3. The first kappa shape index (κ1) is 12.2. The molecule has 0 saturated carbocycles. The monoisotopic (exact) mass is 257 g/mol. The molecule has 0 amide bonds.